The van der Waals surface area contributed by atoms with Crippen molar-refractivity contribution in [3.63, 3.8) is 0 Å². The zero-order valence-electron chi connectivity index (χ0n) is 10.6. The lowest BCUT2D eigenvalue weighted by atomic mass is 9.95. The molecule has 0 spiro atoms. The van der Waals surface area contributed by atoms with E-state index in [-0.39, 0.29) is 0 Å². The lowest BCUT2D eigenvalue weighted by Crippen LogP contribution is -2.43. The molecule has 3 heterocycles. The summed E-state index contributed by atoms with van der Waals surface area (Å²) in [5, 5.41) is 12.5. The molecule has 2 aromatic heterocycles. The van der Waals surface area contributed by atoms with Gasteiger partial charge in [-0.2, -0.15) is 0 Å². The molecule has 0 radical (unpaired) electrons. The Morgan fingerprint density at radius 3 is 3.16 bits per heavy atom. The molecular weight excluding hydrogens is 276 g/mol. The lowest BCUT2D eigenvalue weighted by molar-refractivity contribution is 0.429. The Kier molecular flexibility index (Phi) is 3.00. The molecule has 2 aliphatic rings. The van der Waals surface area contributed by atoms with Crippen molar-refractivity contribution in [2.45, 2.75) is 48.6 Å². The summed E-state index contributed by atoms with van der Waals surface area (Å²) >= 11 is 3.68. The molecule has 1 aliphatic heterocycles. The lowest BCUT2D eigenvalue weighted by Gasteiger charge is -2.36. The van der Waals surface area contributed by atoms with Crippen LogP contribution in [0.1, 0.15) is 36.4 Å². The van der Waals surface area contributed by atoms with Gasteiger partial charge in [-0.15, -0.1) is 21.5 Å². The summed E-state index contributed by atoms with van der Waals surface area (Å²) in [6, 6.07) is 4.84. The number of hydrogen-bond donors (Lipinski definition) is 1. The molecule has 100 valence electrons. The summed E-state index contributed by atoms with van der Waals surface area (Å²) in [4.78, 5) is 1.34. The monoisotopic (exact) mass is 292 g/mol. The smallest absolute Gasteiger partial charge is 0.210 e. The fourth-order valence-corrected chi connectivity index (χ4v) is 4.85. The molecule has 1 N–H and O–H groups in total. The van der Waals surface area contributed by atoms with Crippen LogP contribution in [0, 0.1) is 0 Å². The highest BCUT2D eigenvalue weighted by Crippen LogP contribution is 2.37. The van der Waals surface area contributed by atoms with E-state index in [2.05, 4.69) is 37.8 Å². The highest BCUT2D eigenvalue weighted by molar-refractivity contribution is 7.99. The summed E-state index contributed by atoms with van der Waals surface area (Å²) in [5.41, 5.74) is 3.64. The molecular formula is C13H16N4S2. The summed E-state index contributed by atoms with van der Waals surface area (Å²) in [5.74, 6) is 1.04. The second-order valence-electron chi connectivity index (χ2n) is 5.17. The van der Waals surface area contributed by atoms with E-state index in [1.54, 1.807) is 11.3 Å². The molecule has 19 heavy (non-hydrogen) atoms. The summed E-state index contributed by atoms with van der Waals surface area (Å²) in [6.07, 6.45) is 6.14. The molecule has 2 aromatic rings. The molecule has 0 aromatic carbocycles. The quantitative estimate of drug-likeness (QED) is 0.924. The van der Waals surface area contributed by atoms with Gasteiger partial charge in [0.15, 0.2) is 5.82 Å². The van der Waals surface area contributed by atoms with Gasteiger partial charge in [-0.25, -0.2) is 4.68 Å². The van der Waals surface area contributed by atoms with Crippen LogP contribution in [0.3, 0.4) is 0 Å². The first-order valence-corrected chi connectivity index (χ1v) is 8.56. The third kappa shape index (κ3) is 2.17. The SMILES string of the molecule is c1csc(Cc2nnc3n2NC2CCCCC2S3)c1. The van der Waals surface area contributed by atoms with Crippen molar-refractivity contribution in [1.82, 2.24) is 14.9 Å². The minimum Gasteiger partial charge on any atom is -0.318 e. The highest BCUT2D eigenvalue weighted by atomic mass is 32.2. The Morgan fingerprint density at radius 2 is 2.26 bits per heavy atom. The average molecular weight is 292 g/mol. The number of hydrogen-bond acceptors (Lipinski definition) is 5. The molecule has 1 fully saturated rings. The maximum absolute atomic E-state index is 4.37. The fraction of sp³-hybridized carbons (Fsp3) is 0.538. The largest absolute Gasteiger partial charge is 0.318 e. The Bertz CT molecular complexity index is 563. The van der Waals surface area contributed by atoms with Crippen LogP contribution in [0.15, 0.2) is 22.7 Å². The average Bonchev–Trinajstić information content (AvgIpc) is 3.08. The highest BCUT2D eigenvalue weighted by Gasteiger charge is 2.33. The van der Waals surface area contributed by atoms with E-state index < -0.39 is 0 Å². The molecule has 4 rings (SSSR count). The first-order chi connectivity index (χ1) is 9.40. The standard InChI is InChI=1S/C13H16N4S2/c1-2-6-11-10(5-1)16-17-12(14-15-13(17)19-11)8-9-4-3-7-18-9/h3-4,7,10-11,16H,1-2,5-6,8H2. The van der Waals surface area contributed by atoms with Crippen LogP contribution < -0.4 is 5.43 Å². The number of nitrogens with zero attached hydrogens (tertiary/aromatic N) is 3. The van der Waals surface area contributed by atoms with Gasteiger partial charge in [0.2, 0.25) is 5.16 Å². The van der Waals surface area contributed by atoms with E-state index in [0.29, 0.717) is 11.3 Å². The Morgan fingerprint density at radius 1 is 1.32 bits per heavy atom. The van der Waals surface area contributed by atoms with E-state index in [1.807, 2.05) is 11.8 Å². The maximum Gasteiger partial charge on any atom is 0.210 e. The van der Waals surface area contributed by atoms with Crippen LogP contribution in [-0.2, 0) is 6.42 Å². The Balaban J connectivity index is 1.61. The summed E-state index contributed by atoms with van der Waals surface area (Å²) in [7, 11) is 0. The first-order valence-electron chi connectivity index (χ1n) is 6.80. The van der Waals surface area contributed by atoms with Crippen molar-refractivity contribution in [3.8, 4) is 0 Å². The van der Waals surface area contributed by atoms with E-state index in [4.69, 9.17) is 0 Å². The second kappa shape index (κ2) is 4.83. The van der Waals surface area contributed by atoms with Crippen molar-refractivity contribution in [2.24, 2.45) is 0 Å². The van der Waals surface area contributed by atoms with Crippen molar-refractivity contribution >= 4 is 23.1 Å². The normalized spacial score (nSPS) is 25.5. The Hall–Kier alpha value is -1.01. The molecule has 2 atom stereocenters. The van der Waals surface area contributed by atoms with Crippen LogP contribution in [0.5, 0.6) is 0 Å². The number of thioether (sulfide) groups is 1. The predicted octanol–water partition coefficient (Wildman–Crippen LogP) is 2.89. The molecule has 0 bridgehead atoms. The van der Waals surface area contributed by atoms with E-state index in [0.717, 1.165) is 17.4 Å². The van der Waals surface area contributed by atoms with Gasteiger partial charge in [-0.1, -0.05) is 30.7 Å². The van der Waals surface area contributed by atoms with Crippen LogP contribution >= 0.6 is 23.1 Å². The fourth-order valence-electron chi connectivity index (χ4n) is 2.88. The topological polar surface area (TPSA) is 42.7 Å². The van der Waals surface area contributed by atoms with Crippen molar-refractivity contribution in [3.05, 3.63) is 28.2 Å². The van der Waals surface area contributed by atoms with E-state index in [1.165, 1.54) is 30.6 Å². The van der Waals surface area contributed by atoms with E-state index >= 15 is 0 Å². The van der Waals surface area contributed by atoms with Gasteiger partial charge in [0, 0.05) is 16.5 Å². The van der Waals surface area contributed by atoms with Crippen molar-refractivity contribution < 1.29 is 0 Å². The van der Waals surface area contributed by atoms with Gasteiger partial charge in [0.05, 0.1) is 6.04 Å². The van der Waals surface area contributed by atoms with Gasteiger partial charge >= 0.3 is 0 Å². The minimum atomic E-state index is 0.587. The number of aromatic nitrogens is 3. The minimum absolute atomic E-state index is 0.587. The predicted molar refractivity (Wildman–Crippen MR) is 78.4 cm³/mol. The van der Waals surface area contributed by atoms with Gasteiger partial charge in [-0.05, 0) is 24.3 Å². The van der Waals surface area contributed by atoms with Gasteiger partial charge in [-0.3, -0.25) is 0 Å². The Labute approximate surface area is 120 Å². The van der Waals surface area contributed by atoms with Gasteiger partial charge < -0.3 is 5.43 Å². The number of thiophene rings is 1. The molecule has 0 amide bonds. The number of rotatable bonds is 2. The van der Waals surface area contributed by atoms with Crippen LogP contribution in [0.4, 0.5) is 0 Å². The second-order valence-corrected chi connectivity index (χ2v) is 7.41. The molecule has 1 aliphatic carbocycles. The van der Waals surface area contributed by atoms with Gasteiger partial charge in [0.25, 0.3) is 0 Å². The maximum atomic E-state index is 4.37. The number of nitrogens with one attached hydrogen (secondary N) is 1. The van der Waals surface area contributed by atoms with Crippen LogP contribution in [0.25, 0.3) is 0 Å². The first kappa shape index (κ1) is 11.8. The molecule has 6 heteroatoms. The zero-order valence-corrected chi connectivity index (χ0v) is 12.2. The van der Waals surface area contributed by atoms with Crippen molar-refractivity contribution in [2.75, 3.05) is 5.43 Å². The number of fused-ring (bicyclic) bond motifs is 2. The van der Waals surface area contributed by atoms with Crippen LogP contribution in [-0.4, -0.2) is 26.2 Å². The third-order valence-corrected chi connectivity index (χ3v) is 6.09. The molecule has 1 saturated carbocycles. The zero-order chi connectivity index (χ0) is 12.7. The van der Waals surface area contributed by atoms with Crippen LogP contribution in [0.2, 0.25) is 0 Å². The molecule has 2 unspecified atom stereocenters. The summed E-state index contributed by atoms with van der Waals surface area (Å²) in [6.45, 7) is 0. The summed E-state index contributed by atoms with van der Waals surface area (Å²) < 4.78 is 2.12. The molecule has 4 nitrogen and oxygen atoms in total. The van der Waals surface area contributed by atoms with Crippen molar-refractivity contribution in [1.29, 1.82) is 0 Å². The molecule has 0 saturated heterocycles. The van der Waals surface area contributed by atoms with E-state index in [9.17, 15) is 0 Å². The van der Waals surface area contributed by atoms with Gasteiger partial charge in [0.1, 0.15) is 0 Å². The third-order valence-electron chi connectivity index (χ3n) is 3.87.